The Morgan fingerprint density at radius 3 is 1.74 bits per heavy atom. The average molecular weight is 324 g/mol. The lowest BCUT2D eigenvalue weighted by Gasteiger charge is -2.24. The molecule has 0 aromatic heterocycles. The van der Waals surface area contributed by atoms with Crippen molar-refractivity contribution in [3.63, 3.8) is 0 Å². The Balaban J connectivity index is 2.08. The van der Waals surface area contributed by atoms with E-state index in [1.165, 1.54) is 16.4 Å². The molecule has 0 N–H and O–H groups in total. The summed E-state index contributed by atoms with van der Waals surface area (Å²) in [4.78, 5) is 0. The predicted molar refractivity (Wildman–Crippen MR) is 94.1 cm³/mol. The van der Waals surface area contributed by atoms with Gasteiger partial charge in [-0.25, -0.2) is 8.78 Å². The maximum atomic E-state index is 14.3. The van der Waals surface area contributed by atoms with Gasteiger partial charge in [0.2, 0.25) is 0 Å². The molecule has 0 aliphatic rings. The van der Waals surface area contributed by atoms with E-state index in [4.69, 9.17) is 0 Å². The minimum absolute atomic E-state index is 0.0281. The zero-order valence-corrected chi connectivity index (χ0v) is 14.1. The first-order chi connectivity index (χ1) is 11.2. The average Bonchev–Trinajstić information content (AvgIpc) is 2.57. The smallest absolute Gasteiger partial charge is 0.129 e. The first kappa shape index (κ1) is 15.6. The molecule has 0 aliphatic heterocycles. The molecule has 116 valence electrons. The van der Waals surface area contributed by atoms with E-state index in [-0.39, 0.29) is 5.54 Å². The first-order valence-corrected chi connectivity index (χ1v) is 9.54. The molecule has 1 atom stereocenters. The van der Waals surface area contributed by atoms with Gasteiger partial charge in [0.15, 0.2) is 0 Å². The fourth-order valence-corrected chi connectivity index (χ4v) is 6.58. The Kier molecular flexibility index (Phi) is 4.67. The van der Waals surface area contributed by atoms with Crippen LogP contribution in [-0.2, 0) is 0 Å². The van der Waals surface area contributed by atoms with Crippen LogP contribution in [0.3, 0.4) is 0 Å². The second kappa shape index (κ2) is 6.88. The third-order valence-electron chi connectivity index (χ3n) is 4.27. The van der Waals surface area contributed by atoms with Crippen LogP contribution in [0.25, 0.3) is 0 Å². The largest absolute Gasteiger partial charge is 0.207 e. The van der Waals surface area contributed by atoms with E-state index in [1.54, 1.807) is 6.07 Å². The molecule has 0 radical (unpaired) electrons. The summed E-state index contributed by atoms with van der Waals surface area (Å²) in [6.45, 7) is 2.05. The lowest BCUT2D eigenvalue weighted by atomic mass is 10.1. The molecule has 0 spiro atoms. The van der Waals surface area contributed by atoms with Crippen LogP contribution < -0.4 is 10.4 Å². The summed E-state index contributed by atoms with van der Waals surface area (Å²) in [6, 6.07) is 24.4. The molecule has 1 unspecified atom stereocenters. The normalized spacial score (nSPS) is 12.3. The van der Waals surface area contributed by atoms with Crippen LogP contribution in [0.4, 0.5) is 8.78 Å². The van der Waals surface area contributed by atoms with Crippen LogP contribution in [0.5, 0.6) is 0 Å². The highest BCUT2D eigenvalue weighted by Gasteiger charge is 2.26. The van der Waals surface area contributed by atoms with Gasteiger partial charge >= 0.3 is 0 Å². The summed E-state index contributed by atoms with van der Waals surface area (Å²) >= 11 is 0. The van der Waals surface area contributed by atoms with E-state index in [0.29, 0.717) is 5.56 Å². The summed E-state index contributed by atoms with van der Waals surface area (Å²) in [6.07, 6.45) is 0. The van der Waals surface area contributed by atoms with Gasteiger partial charge in [0.25, 0.3) is 0 Å². The molecular formula is C20H18F2Si. The summed E-state index contributed by atoms with van der Waals surface area (Å²) in [5.41, 5.74) is 0.621. The number of hydrogen-bond acceptors (Lipinski definition) is 0. The van der Waals surface area contributed by atoms with Crippen molar-refractivity contribution in [1.29, 1.82) is 0 Å². The molecule has 0 fully saturated rings. The van der Waals surface area contributed by atoms with E-state index in [0.717, 1.165) is 6.07 Å². The Bertz CT molecular complexity index is 733. The van der Waals surface area contributed by atoms with Crippen LogP contribution in [0.15, 0.2) is 78.9 Å². The Hall–Kier alpha value is -2.26. The number of rotatable bonds is 4. The number of hydrogen-bond donors (Lipinski definition) is 0. The van der Waals surface area contributed by atoms with Gasteiger partial charge in [-0.3, -0.25) is 0 Å². The van der Waals surface area contributed by atoms with Crippen LogP contribution in [0, 0.1) is 11.6 Å². The van der Waals surface area contributed by atoms with E-state index < -0.39 is 20.4 Å². The third-order valence-corrected chi connectivity index (χ3v) is 7.84. The molecule has 0 amide bonds. The minimum Gasteiger partial charge on any atom is -0.207 e. The second-order valence-corrected chi connectivity index (χ2v) is 9.04. The van der Waals surface area contributed by atoms with Crippen LogP contribution in [-0.4, -0.2) is 8.80 Å². The Morgan fingerprint density at radius 1 is 0.739 bits per heavy atom. The van der Waals surface area contributed by atoms with Gasteiger partial charge in [-0.2, -0.15) is 0 Å². The molecule has 0 saturated heterocycles. The molecule has 3 rings (SSSR count). The van der Waals surface area contributed by atoms with Gasteiger partial charge in [-0.05, 0) is 17.2 Å². The van der Waals surface area contributed by atoms with Crippen molar-refractivity contribution < 1.29 is 8.78 Å². The monoisotopic (exact) mass is 324 g/mol. The van der Waals surface area contributed by atoms with Gasteiger partial charge in [-0.15, -0.1) is 0 Å². The minimum atomic E-state index is -1.68. The molecule has 0 aliphatic carbocycles. The molecule has 3 heteroatoms. The van der Waals surface area contributed by atoms with Crippen molar-refractivity contribution >= 4 is 19.2 Å². The van der Waals surface area contributed by atoms with Crippen LogP contribution in [0.1, 0.15) is 18.0 Å². The van der Waals surface area contributed by atoms with Crippen molar-refractivity contribution in [3.8, 4) is 0 Å². The van der Waals surface area contributed by atoms with Crippen molar-refractivity contribution in [3.05, 3.63) is 96.1 Å². The van der Waals surface area contributed by atoms with Crippen molar-refractivity contribution in [1.82, 2.24) is 0 Å². The lowest BCUT2D eigenvalue weighted by molar-refractivity contribution is 0.572. The third kappa shape index (κ3) is 3.40. The van der Waals surface area contributed by atoms with Gasteiger partial charge in [0.05, 0.1) is 0 Å². The van der Waals surface area contributed by atoms with Crippen molar-refractivity contribution in [2.45, 2.75) is 12.5 Å². The Labute approximate surface area is 137 Å². The van der Waals surface area contributed by atoms with Crippen LogP contribution >= 0.6 is 0 Å². The zero-order valence-electron chi connectivity index (χ0n) is 12.9. The fourth-order valence-electron chi connectivity index (χ4n) is 3.14. The summed E-state index contributed by atoms with van der Waals surface area (Å²) in [5, 5.41) is 2.52. The number of benzene rings is 3. The topological polar surface area (TPSA) is 0 Å². The fraction of sp³-hybridized carbons (Fsp3) is 0.100. The molecule has 3 aromatic rings. The highest BCUT2D eigenvalue weighted by molar-refractivity contribution is 6.86. The van der Waals surface area contributed by atoms with E-state index in [9.17, 15) is 8.78 Å². The maximum absolute atomic E-state index is 14.3. The highest BCUT2D eigenvalue weighted by Crippen LogP contribution is 2.22. The second-order valence-electron chi connectivity index (χ2n) is 5.75. The van der Waals surface area contributed by atoms with E-state index in [1.807, 2.05) is 43.3 Å². The van der Waals surface area contributed by atoms with Gasteiger partial charge < -0.3 is 0 Å². The first-order valence-electron chi connectivity index (χ1n) is 7.71. The van der Waals surface area contributed by atoms with Crippen molar-refractivity contribution in [2.24, 2.45) is 0 Å². The molecule has 0 saturated carbocycles. The summed E-state index contributed by atoms with van der Waals surface area (Å²) in [7, 11) is -1.68. The number of halogens is 2. The molecule has 23 heavy (non-hydrogen) atoms. The lowest BCUT2D eigenvalue weighted by Crippen LogP contribution is -2.46. The van der Waals surface area contributed by atoms with E-state index >= 15 is 0 Å². The molecule has 0 bridgehead atoms. The molecule has 0 heterocycles. The Morgan fingerprint density at radius 2 is 1.26 bits per heavy atom. The van der Waals surface area contributed by atoms with Gasteiger partial charge in [0, 0.05) is 6.07 Å². The van der Waals surface area contributed by atoms with Gasteiger partial charge in [-0.1, -0.05) is 84.0 Å². The highest BCUT2D eigenvalue weighted by atomic mass is 28.3. The molecule has 0 nitrogen and oxygen atoms in total. The van der Waals surface area contributed by atoms with Gasteiger partial charge in [0.1, 0.15) is 20.4 Å². The quantitative estimate of drug-likeness (QED) is 0.643. The predicted octanol–water partition coefficient (Wildman–Crippen LogP) is 3.65. The summed E-state index contributed by atoms with van der Waals surface area (Å²) in [5.74, 6) is -0.988. The van der Waals surface area contributed by atoms with Crippen LogP contribution in [0.2, 0.25) is 0 Å². The SMILES string of the molecule is CC(c1ccc(F)cc1F)[SiH](c1ccccc1)c1ccccc1. The maximum Gasteiger partial charge on any atom is 0.129 e. The molecular weight excluding hydrogens is 306 g/mol. The zero-order chi connectivity index (χ0) is 16.2. The van der Waals surface area contributed by atoms with Crippen molar-refractivity contribution in [2.75, 3.05) is 0 Å². The standard InChI is InChI=1S/C20H18F2Si/c1-15(19-13-12-16(21)14-20(19)22)23(17-8-4-2-5-9-17)18-10-6-3-7-11-18/h2-15,23H,1H3. The van der Waals surface area contributed by atoms with E-state index in [2.05, 4.69) is 24.3 Å². The molecule has 3 aromatic carbocycles. The summed E-state index contributed by atoms with van der Waals surface area (Å²) < 4.78 is 27.5.